The molecule has 0 saturated carbocycles. The molecule has 1 rings (SSSR count). The van der Waals surface area contributed by atoms with Crippen molar-refractivity contribution in [2.24, 2.45) is 0 Å². The van der Waals surface area contributed by atoms with E-state index in [0.29, 0.717) is 16.3 Å². The number of nitrogens with two attached hydrogens (primary N) is 1. The van der Waals surface area contributed by atoms with Gasteiger partial charge in [0.2, 0.25) is 0 Å². The molecule has 4 N–H and O–H groups in total. The van der Waals surface area contributed by atoms with Crippen LogP contribution in [0.25, 0.3) is 0 Å². The molecular formula is C11H15NO4S. The first-order valence-electron chi connectivity index (χ1n) is 4.89. The summed E-state index contributed by atoms with van der Waals surface area (Å²) in [7, 11) is 1.54. The van der Waals surface area contributed by atoms with Gasteiger partial charge in [-0.1, -0.05) is 0 Å². The lowest BCUT2D eigenvalue weighted by molar-refractivity contribution is -0.154. The van der Waals surface area contributed by atoms with Gasteiger partial charge in [0, 0.05) is 16.3 Å². The van der Waals surface area contributed by atoms with Crippen molar-refractivity contribution in [3.63, 3.8) is 0 Å². The van der Waals surface area contributed by atoms with E-state index in [0.717, 1.165) is 0 Å². The van der Waals surface area contributed by atoms with E-state index in [4.69, 9.17) is 15.6 Å². The highest BCUT2D eigenvalue weighted by molar-refractivity contribution is 7.99. The van der Waals surface area contributed by atoms with Gasteiger partial charge in [0.25, 0.3) is 0 Å². The van der Waals surface area contributed by atoms with Gasteiger partial charge in [0.05, 0.1) is 7.11 Å². The van der Waals surface area contributed by atoms with Crippen LogP contribution in [-0.4, -0.2) is 34.6 Å². The third-order valence-electron chi connectivity index (χ3n) is 2.19. The van der Waals surface area contributed by atoms with E-state index in [-0.39, 0.29) is 5.75 Å². The minimum atomic E-state index is -1.78. The largest absolute Gasteiger partial charge is 0.497 e. The number of carboxylic acid groups (broad SMARTS) is 1. The molecule has 1 aromatic rings. The maximum atomic E-state index is 10.7. The topological polar surface area (TPSA) is 92.8 Å². The van der Waals surface area contributed by atoms with Gasteiger partial charge in [-0.05, 0) is 25.1 Å². The van der Waals surface area contributed by atoms with E-state index in [1.165, 1.54) is 25.8 Å². The zero-order chi connectivity index (χ0) is 13.1. The van der Waals surface area contributed by atoms with Crippen molar-refractivity contribution in [3.05, 3.63) is 18.2 Å². The number of methoxy groups -OCH3 is 1. The van der Waals surface area contributed by atoms with Gasteiger partial charge >= 0.3 is 5.97 Å². The van der Waals surface area contributed by atoms with E-state index in [9.17, 15) is 9.90 Å². The molecule has 0 fully saturated rings. The molecule has 0 amide bonds. The smallest absolute Gasteiger partial charge is 0.336 e. The Morgan fingerprint density at radius 1 is 1.59 bits per heavy atom. The fraction of sp³-hybridized carbons (Fsp3) is 0.364. The van der Waals surface area contributed by atoms with Crippen LogP contribution in [-0.2, 0) is 4.79 Å². The molecule has 0 aliphatic carbocycles. The Balaban J connectivity index is 2.78. The van der Waals surface area contributed by atoms with Crippen LogP contribution in [0, 0.1) is 0 Å². The molecule has 5 nitrogen and oxygen atoms in total. The summed E-state index contributed by atoms with van der Waals surface area (Å²) >= 11 is 1.18. The first-order valence-corrected chi connectivity index (χ1v) is 5.87. The highest BCUT2D eigenvalue weighted by Crippen LogP contribution is 2.31. The SMILES string of the molecule is COc1ccc(N)c(SCC(C)(O)C(=O)O)c1. The van der Waals surface area contributed by atoms with Crippen LogP contribution in [0.2, 0.25) is 0 Å². The van der Waals surface area contributed by atoms with Gasteiger partial charge in [0.1, 0.15) is 5.75 Å². The van der Waals surface area contributed by atoms with E-state index in [2.05, 4.69) is 0 Å². The third kappa shape index (κ3) is 3.54. The standard InChI is InChI=1S/C11H15NO4S/c1-11(15,10(13)14)6-17-9-5-7(16-2)3-4-8(9)12/h3-5,15H,6,12H2,1-2H3,(H,13,14). The van der Waals surface area contributed by atoms with Gasteiger partial charge in [0.15, 0.2) is 5.60 Å². The molecule has 0 saturated heterocycles. The van der Waals surface area contributed by atoms with Gasteiger partial charge < -0.3 is 20.7 Å². The molecule has 0 aliphatic rings. The van der Waals surface area contributed by atoms with Crippen molar-refractivity contribution in [1.82, 2.24) is 0 Å². The fourth-order valence-electron chi connectivity index (χ4n) is 1.05. The highest BCUT2D eigenvalue weighted by atomic mass is 32.2. The predicted octanol–water partition coefficient (Wildman–Crippen LogP) is 1.21. The summed E-state index contributed by atoms with van der Waals surface area (Å²) in [6, 6.07) is 5.10. The summed E-state index contributed by atoms with van der Waals surface area (Å²) in [5, 5.41) is 18.3. The molecule has 0 heterocycles. The quantitative estimate of drug-likeness (QED) is 0.542. The van der Waals surface area contributed by atoms with Gasteiger partial charge in [-0.25, -0.2) is 4.79 Å². The number of hydrogen-bond donors (Lipinski definition) is 3. The number of carbonyl (C=O) groups is 1. The Kier molecular flexibility index (Phi) is 4.25. The van der Waals surface area contributed by atoms with Crippen molar-refractivity contribution < 1.29 is 19.7 Å². The second kappa shape index (κ2) is 5.29. The maximum Gasteiger partial charge on any atom is 0.336 e. The fourth-order valence-corrected chi connectivity index (χ4v) is 2.04. The zero-order valence-corrected chi connectivity index (χ0v) is 10.5. The number of aliphatic carboxylic acids is 1. The third-order valence-corrected chi connectivity index (χ3v) is 3.56. The van der Waals surface area contributed by atoms with Crippen LogP contribution in [0.5, 0.6) is 5.75 Å². The summed E-state index contributed by atoms with van der Waals surface area (Å²) in [5.74, 6) is -0.609. The highest BCUT2D eigenvalue weighted by Gasteiger charge is 2.30. The number of nitrogen functional groups attached to an aromatic ring is 1. The van der Waals surface area contributed by atoms with Crippen LogP contribution >= 0.6 is 11.8 Å². The van der Waals surface area contributed by atoms with E-state index in [1.807, 2.05) is 0 Å². The van der Waals surface area contributed by atoms with E-state index in [1.54, 1.807) is 18.2 Å². The van der Waals surface area contributed by atoms with Crippen LogP contribution < -0.4 is 10.5 Å². The second-order valence-electron chi connectivity index (χ2n) is 3.77. The van der Waals surface area contributed by atoms with Crippen molar-refractivity contribution in [1.29, 1.82) is 0 Å². The minimum Gasteiger partial charge on any atom is -0.497 e. The van der Waals surface area contributed by atoms with Crippen molar-refractivity contribution in [3.8, 4) is 5.75 Å². The molecule has 1 aromatic carbocycles. The molecule has 1 unspecified atom stereocenters. The average molecular weight is 257 g/mol. The van der Waals surface area contributed by atoms with Gasteiger partial charge in [-0.2, -0.15) is 0 Å². The summed E-state index contributed by atoms with van der Waals surface area (Å²) in [6.45, 7) is 1.25. The molecule has 17 heavy (non-hydrogen) atoms. The second-order valence-corrected chi connectivity index (χ2v) is 4.79. The molecular weight excluding hydrogens is 242 g/mol. The summed E-state index contributed by atoms with van der Waals surface area (Å²) in [6.07, 6.45) is 0. The number of rotatable bonds is 5. The average Bonchev–Trinajstić information content (AvgIpc) is 2.28. The van der Waals surface area contributed by atoms with Crippen LogP contribution in [0.15, 0.2) is 23.1 Å². The molecule has 1 atom stereocenters. The summed E-state index contributed by atoms with van der Waals surface area (Å²) in [4.78, 5) is 11.4. The zero-order valence-electron chi connectivity index (χ0n) is 9.64. The predicted molar refractivity (Wildman–Crippen MR) is 66.4 cm³/mol. The van der Waals surface area contributed by atoms with Crippen LogP contribution in [0.4, 0.5) is 5.69 Å². The Hall–Kier alpha value is -1.40. The Labute approximate surface area is 104 Å². The lowest BCUT2D eigenvalue weighted by Gasteiger charge is -2.17. The Bertz CT molecular complexity index is 420. The number of ether oxygens (including phenoxy) is 1. The number of hydrogen-bond acceptors (Lipinski definition) is 5. The molecule has 6 heteroatoms. The number of aliphatic hydroxyl groups is 1. The lowest BCUT2D eigenvalue weighted by Crippen LogP contribution is -2.37. The molecule has 0 aromatic heterocycles. The minimum absolute atomic E-state index is 0.0136. The van der Waals surface area contributed by atoms with Crippen molar-refractivity contribution in [2.45, 2.75) is 17.4 Å². The molecule has 94 valence electrons. The lowest BCUT2D eigenvalue weighted by atomic mass is 10.1. The van der Waals surface area contributed by atoms with E-state index < -0.39 is 11.6 Å². The van der Waals surface area contributed by atoms with Crippen LogP contribution in [0.3, 0.4) is 0 Å². The molecule has 0 radical (unpaired) electrons. The summed E-state index contributed by atoms with van der Waals surface area (Å²) < 4.78 is 5.04. The van der Waals surface area contributed by atoms with Crippen molar-refractivity contribution in [2.75, 3.05) is 18.6 Å². The molecule has 0 aliphatic heterocycles. The number of carboxylic acids is 1. The number of benzene rings is 1. The van der Waals surface area contributed by atoms with Gasteiger partial charge in [-0.3, -0.25) is 0 Å². The maximum absolute atomic E-state index is 10.7. The first-order chi connectivity index (χ1) is 7.86. The Morgan fingerprint density at radius 2 is 2.24 bits per heavy atom. The normalized spacial score (nSPS) is 14.1. The molecule has 0 spiro atoms. The number of thioether (sulfide) groups is 1. The first kappa shape index (κ1) is 13.7. The van der Waals surface area contributed by atoms with Gasteiger partial charge in [-0.15, -0.1) is 11.8 Å². The van der Waals surface area contributed by atoms with Crippen LogP contribution in [0.1, 0.15) is 6.92 Å². The monoisotopic (exact) mass is 257 g/mol. The van der Waals surface area contributed by atoms with E-state index >= 15 is 0 Å². The summed E-state index contributed by atoms with van der Waals surface area (Å²) in [5.41, 5.74) is 4.49. The molecule has 0 bridgehead atoms. The Morgan fingerprint density at radius 3 is 2.76 bits per heavy atom. The number of anilines is 1. The van der Waals surface area contributed by atoms with Crippen molar-refractivity contribution >= 4 is 23.4 Å².